The van der Waals surface area contributed by atoms with Gasteiger partial charge in [0.15, 0.2) is 0 Å². The molecule has 0 saturated heterocycles. The van der Waals surface area contributed by atoms with Crippen molar-refractivity contribution in [2.45, 2.75) is 0 Å². The number of hydrogen-bond donors (Lipinski definition) is 0. The molecule has 1 aromatic carbocycles. The molecule has 6 heteroatoms. The summed E-state index contributed by atoms with van der Waals surface area (Å²) in [6.07, 6.45) is 3.66. The summed E-state index contributed by atoms with van der Waals surface area (Å²) < 4.78 is 0. The van der Waals surface area contributed by atoms with Crippen molar-refractivity contribution in [1.29, 1.82) is 0 Å². The smallest absolute Gasteiger partial charge is 0.397 e. The van der Waals surface area contributed by atoms with Crippen molar-refractivity contribution in [2.24, 2.45) is 0 Å². The van der Waals surface area contributed by atoms with Gasteiger partial charge in [-0.2, -0.15) is 0 Å². The van der Waals surface area contributed by atoms with Crippen molar-refractivity contribution in [2.75, 3.05) is 16.7 Å². The predicted octanol–water partition coefficient (Wildman–Crippen LogP) is 3.26. The third kappa shape index (κ3) is 2.88. The average Bonchev–Trinajstić information content (AvgIpc) is 2.93. The van der Waals surface area contributed by atoms with E-state index in [4.69, 9.17) is 0 Å². The van der Waals surface area contributed by atoms with Crippen molar-refractivity contribution in [3.63, 3.8) is 0 Å². The summed E-state index contributed by atoms with van der Waals surface area (Å²) in [6, 6.07) is 18.3. The predicted molar refractivity (Wildman–Crippen MR) is 90.2 cm³/mol. The molecule has 1 aliphatic heterocycles. The zero-order valence-electron chi connectivity index (χ0n) is 12.6. The second-order valence-corrected chi connectivity index (χ2v) is 5.21. The van der Waals surface area contributed by atoms with Gasteiger partial charge in [-0.25, -0.2) is 4.98 Å². The largest absolute Gasteiger partial charge is 0.400 e. The Morgan fingerprint density at radius 2 is 1.65 bits per heavy atom. The van der Waals surface area contributed by atoms with Crippen LogP contribution in [0.5, 0.6) is 0 Å². The summed E-state index contributed by atoms with van der Waals surface area (Å²) in [7, 11) is 4.09. The molecule has 0 N–H and O–H groups in total. The molecule has 4 rings (SSSR count). The molecule has 2 radical (unpaired) electrons. The van der Waals surface area contributed by atoms with Gasteiger partial charge in [0.25, 0.3) is 0 Å². The summed E-state index contributed by atoms with van der Waals surface area (Å²) >= 11 is 0. The molecule has 114 valence electrons. The number of benzene rings is 1. The van der Waals surface area contributed by atoms with E-state index in [0.717, 1.165) is 22.8 Å². The van der Waals surface area contributed by atoms with E-state index in [2.05, 4.69) is 37.8 Å². The Morgan fingerprint density at radius 1 is 0.870 bits per heavy atom. The first-order valence-corrected chi connectivity index (χ1v) is 7.16. The first kappa shape index (κ1) is 15.7. The maximum absolute atomic E-state index is 4.60. The Morgan fingerprint density at radius 3 is 2.35 bits per heavy atom. The quantitative estimate of drug-likeness (QED) is 0.531. The van der Waals surface area contributed by atoms with E-state index in [1.807, 2.05) is 57.2 Å². The molecule has 0 spiro atoms. The molecule has 4 nitrogen and oxygen atoms in total. The fraction of sp³-hybridized carbons (Fsp3) is 0.0588. The van der Waals surface area contributed by atoms with Gasteiger partial charge in [-0.05, 0) is 43.4 Å². The van der Waals surface area contributed by atoms with E-state index in [0.29, 0.717) is 0 Å². The van der Waals surface area contributed by atoms with Gasteiger partial charge in [-0.3, -0.25) is 4.98 Å². The first-order chi connectivity index (χ1) is 10.8. The molecule has 0 aliphatic carbocycles. The van der Waals surface area contributed by atoms with Gasteiger partial charge in [0.05, 0.1) is 11.4 Å². The molecule has 2 aromatic heterocycles. The Balaban J connectivity index is 0.00000156. The molecule has 3 aromatic rings. The van der Waals surface area contributed by atoms with Gasteiger partial charge in [-0.15, -0.1) is 0 Å². The molecular weight excluding hydrogens is 463 g/mol. The Kier molecular flexibility index (Phi) is 4.46. The van der Waals surface area contributed by atoms with Gasteiger partial charge in [0.2, 0.25) is 0 Å². The van der Waals surface area contributed by atoms with Gasteiger partial charge in [0.1, 0.15) is 5.82 Å². The zero-order chi connectivity index (χ0) is 14.9. The van der Waals surface area contributed by atoms with Crippen molar-refractivity contribution >= 4 is 24.7 Å². The topological polar surface area (TPSA) is 32.3 Å². The molecule has 0 saturated carbocycles. The van der Waals surface area contributed by atoms with Crippen LogP contribution in [-0.2, 0) is 20.1 Å². The van der Waals surface area contributed by atoms with Gasteiger partial charge in [0, 0.05) is 43.7 Å². The van der Waals surface area contributed by atoms with Gasteiger partial charge < -0.3 is 9.62 Å². The van der Waals surface area contributed by atoms with E-state index >= 15 is 0 Å². The maximum atomic E-state index is 4.60. The van der Waals surface area contributed by atoms with Crippen LogP contribution in [0.2, 0.25) is 0 Å². The van der Waals surface area contributed by atoms with Crippen LogP contribution in [0.15, 0.2) is 67.0 Å². The van der Waals surface area contributed by atoms with Gasteiger partial charge in [-0.1, -0.05) is 18.2 Å². The second-order valence-electron chi connectivity index (χ2n) is 5.21. The molecule has 23 heavy (non-hydrogen) atoms. The normalized spacial score (nSPS) is 12.4. The second kappa shape index (κ2) is 6.53. The van der Waals surface area contributed by atoms with Crippen molar-refractivity contribution in [3.8, 4) is 11.3 Å². The van der Waals surface area contributed by atoms with Crippen LogP contribution in [-0.4, -0.2) is 24.6 Å². The number of anilines is 3. The number of aromatic nitrogens is 2. The van der Waals surface area contributed by atoms with Gasteiger partial charge >= 0.3 is 7.55 Å². The van der Waals surface area contributed by atoms with Crippen LogP contribution in [0.4, 0.5) is 17.2 Å². The fourth-order valence-corrected chi connectivity index (χ4v) is 2.66. The van der Waals surface area contributed by atoms with E-state index < -0.39 is 0 Å². The summed E-state index contributed by atoms with van der Waals surface area (Å²) in [5, 5.41) is 0. The minimum absolute atomic E-state index is 0. The summed E-state index contributed by atoms with van der Waals surface area (Å²) in [4.78, 5) is 13.1. The van der Waals surface area contributed by atoms with Crippen LogP contribution in [0.3, 0.4) is 0 Å². The summed E-state index contributed by atoms with van der Waals surface area (Å²) in [6.45, 7) is 0. The maximum Gasteiger partial charge on any atom is 0.397 e. The molecule has 3 heterocycles. The number of pyridine rings is 2. The number of para-hydroxylation sites is 2. The molecule has 0 unspecified atom stereocenters. The van der Waals surface area contributed by atoms with E-state index in [1.54, 1.807) is 6.20 Å². The summed E-state index contributed by atoms with van der Waals surface area (Å²) in [5.74, 6) is 0.900. The van der Waals surface area contributed by atoms with E-state index in [-0.39, 0.29) is 20.1 Å². The van der Waals surface area contributed by atoms with Crippen LogP contribution >= 0.6 is 0 Å². The Bertz CT molecular complexity index is 795. The van der Waals surface area contributed by atoms with Crippen LogP contribution < -0.4 is 9.62 Å². The van der Waals surface area contributed by atoms with Crippen molar-refractivity contribution < 1.29 is 20.1 Å². The zero-order valence-corrected chi connectivity index (χ0v) is 14.9. The average molecular weight is 477 g/mol. The number of fused-ring (bicyclic) bond motifs is 1. The number of rotatable bonds is 2. The van der Waals surface area contributed by atoms with Crippen molar-refractivity contribution in [3.05, 3.63) is 67.0 Å². The van der Waals surface area contributed by atoms with Crippen LogP contribution in [0.25, 0.3) is 11.3 Å². The number of nitrogens with zero attached hydrogens (tertiary/aromatic N) is 4. The van der Waals surface area contributed by atoms with E-state index in [1.165, 1.54) is 5.69 Å². The molecule has 0 bridgehead atoms. The SMILES string of the molecule is CN1[B]N(c2ccc(-c3ccccn3)cn2)c2ccccc21.[Ir]. The first-order valence-electron chi connectivity index (χ1n) is 7.16. The summed E-state index contributed by atoms with van der Waals surface area (Å²) in [5.41, 5.74) is 4.27. The minimum atomic E-state index is 0. The molecule has 0 atom stereocenters. The standard InChI is InChI=1S/C17H14BN4.Ir/c1-21-15-7-2-3-8-16(15)22(18-21)17-10-9-13(12-20-17)14-6-4-5-11-19-14;/h2-12H,1H3;. The third-order valence-corrected chi connectivity index (χ3v) is 3.77. The van der Waals surface area contributed by atoms with Crippen molar-refractivity contribution in [1.82, 2.24) is 9.97 Å². The minimum Gasteiger partial charge on any atom is -0.400 e. The van der Waals surface area contributed by atoms with Crippen LogP contribution in [0.1, 0.15) is 0 Å². The monoisotopic (exact) mass is 478 g/mol. The molecule has 0 fully saturated rings. The number of hydrogen-bond acceptors (Lipinski definition) is 4. The fourth-order valence-electron chi connectivity index (χ4n) is 2.66. The Hall–Kier alpha value is -2.17. The Labute approximate surface area is 149 Å². The molecular formula is C17H14BIrN4. The molecule has 0 amide bonds. The van der Waals surface area contributed by atoms with E-state index in [9.17, 15) is 0 Å². The van der Waals surface area contributed by atoms with Crippen LogP contribution in [0, 0.1) is 0 Å². The third-order valence-electron chi connectivity index (χ3n) is 3.77. The molecule has 1 aliphatic rings.